The number of hydrogen-bond donors (Lipinski definition) is 0. The summed E-state index contributed by atoms with van der Waals surface area (Å²) in [4.78, 5) is 8.83. The highest BCUT2D eigenvalue weighted by Crippen LogP contribution is 2.25. The fraction of sp³-hybridized carbons (Fsp3) is 0.636. The maximum absolute atomic E-state index is 4.60. The lowest BCUT2D eigenvalue weighted by Crippen LogP contribution is -2.13. The third-order valence-corrected chi connectivity index (χ3v) is 4.05. The first kappa shape index (κ1) is 12.6. The summed E-state index contributed by atoms with van der Waals surface area (Å²) >= 11 is 2.96. The van der Waals surface area contributed by atoms with Crippen LogP contribution < -0.4 is 0 Å². The zero-order valence-corrected chi connectivity index (χ0v) is 12.1. The van der Waals surface area contributed by atoms with Gasteiger partial charge in [-0.15, -0.1) is 0 Å². The minimum atomic E-state index is 0.0285. The smallest absolute Gasteiger partial charge is 0.147 e. The molecular weight excluding hydrogens is 252 g/mol. The molecule has 1 unspecified atom stereocenters. The van der Waals surface area contributed by atoms with Crippen LogP contribution in [0.4, 0.5) is 0 Å². The van der Waals surface area contributed by atoms with Gasteiger partial charge < -0.3 is 0 Å². The lowest BCUT2D eigenvalue weighted by atomic mass is 9.96. The van der Waals surface area contributed by atoms with E-state index in [1.54, 1.807) is 6.33 Å². The summed E-state index contributed by atoms with van der Waals surface area (Å²) in [5.41, 5.74) is 0.0285. The average Bonchev–Trinajstić information content (AvgIpc) is 2.85. The van der Waals surface area contributed by atoms with Gasteiger partial charge in [-0.3, -0.25) is 0 Å². The van der Waals surface area contributed by atoms with Gasteiger partial charge >= 0.3 is 0 Å². The van der Waals surface area contributed by atoms with Crippen molar-refractivity contribution in [2.75, 3.05) is 0 Å². The highest BCUT2D eigenvalue weighted by atomic mass is 32.1. The predicted octanol–water partition coefficient (Wildman–Crippen LogP) is 3.03. The minimum absolute atomic E-state index is 0.0285. The van der Waals surface area contributed by atoms with Gasteiger partial charge in [0, 0.05) is 17.8 Å². The molecule has 0 fully saturated rings. The van der Waals surface area contributed by atoms with Crippen molar-refractivity contribution in [3.8, 4) is 0 Å². The molecule has 2 aromatic rings. The Bertz CT molecular complexity index is 470. The molecule has 2 rings (SSSR count). The monoisotopic (exact) mass is 268 g/mol. The Morgan fingerprint density at radius 2 is 2.06 bits per heavy atom. The molecule has 0 bridgehead atoms. The molecule has 0 spiro atoms. The summed E-state index contributed by atoms with van der Waals surface area (Å²) in [6.07, 6.45) is 2.50. The van der Waals surface area contributed by atoms with Gasteiger partial charge in [-0.2, -0.15) is 8.75 Å². The Morgan fingerprint density at radius 3 is 2.59 bits per heavy atom. The topological polar surface area (TPSA) is 51.6 Å². The molecule has 0 aliphatic heterocycles. The van der Waals surface area contributed by atoms with Crippen molar-refractivity contribution >= 4 is 23.1 Å². The Morgan fingerprint density at radius 1 is 1.29 bits per heavy atom. The van der Waals surface area contributed by atoms with Crippen LogP contribution in [-0.2, 0) is 11.8 Å². The SMILES string of the molecule is CC(Cc1nc(C(C)(C)C)ns1)c1ncns1. The largest absolute Gasteiger partial charge is 0.228 e. The van der Waals surface area contributed by atoms with E-state index in [1.165, 1.54) is 23.1 Å². The van der Waals surface area contributed by atoms with Crippen LogP contribution in [0.3, 0.4) is 0 Å². The lowest BCUT2D eigenvalue weighted by molar-refractivity contribution is 0.551. The van der Waals surface area contributed by atoms with Crippen molar-refractivity contribution in [2.45, 2.75) is 45.4 Å². The van der Waals surface area contributed by atoms with E-state index in [-0.39, 0.29) is 5.41 Å². The molecule has 2 heterocycles. The van der Waals surface area contributed by atoms with Crippen LogP contribution in [-0.4, -0.2) is 18.7 Å². The number of aromatic nitrogens is 4. The van der Waals surface area contributed by atoms with Gasteiger partial charge in [0.2, 0.25) is 0 Å². The molecule has 1 atom stereocenters. The standard InChI is InChI=1S/C11H16N4S2/c1-7(9-12-6-13-17-9)5-8-14-10(15-16-8)11(2,3)4/h6-7H,5H2,1-4H3. The van der Waals surface area contributed by atoms with Gasteiger partial charge in [-0.05, 0) is 23.1 Å². The van der Waals surface area contributed by atoms with E-state index in [9.17, 15) is 0 Å². The molecule has 17 heavy (non-hydrogen) atoms. The molecule has 0 radical (unpaired) electrons. The normalized spacial score (nSPS) is 13.9. The summed E-state index contributed by atoms with van der Waals surface area (Å²) < 4.78 is 8.45. The first-order valence-electron chi connectivity index (χ1n) is 5.56. The molecule has 6 heteroatoms. The maximum Gasteiger partial charge on any atom is 0.147 e. The van der Waals surface area contributed by atoms with Crippen LogP contribution in [0.15, 0.2) is 6.33 Å². The van der Waals surface area contributed by atoms with E-state index in [0.717, 1.165) is 22.3 Å². The summed E-state index contributed by atoms with van der Waals surface area (Å²) in [6, 6.07) is 0. The number of hydrogen-bond acceptors (Lipinski definition) is 6. The van der Waals surface area contributed by atoms with Crippen molar-refractivity contribution in [3.05, 3.63) is 22.2 Å². The molecule has 0 aromatic carbocycles. The van der Waals surface area contributed by atoms with Crippen molar-refractivity contribution < 1.29 is 0 Å². The molecule has 0 saturated carbocycles. The summed E-state index contributed by atoms with van der Waals surface area (Å²) in [5, 5.41) is 2.15. The maximum atomic E-state index is 4.60. The second kappa shape index (κ2) is 4.78. The summed E-state index contributed by atoms with van der Waals surface area (Å²) in [5.74, 6) is 1.30. The highest BCUT2D eigenvalue weighted by Gasteiger charge is 2.20. The first-order valence-corrected chi connectivity index (χ1v) is 7.11. The Labute approximate surface area is 109 Å². The van der Waals surface area contributed by atoms with Crippen LogP contribution in [0.2, 0.25) is 0 Å². The third-order valence-electron chi connectivity index (χ3n) is 2.42. The Kier molecular flexibility index (Phi) is 3.53. The van der Waals surface area contributed by atoms with E-state index in [0.29, 0.717) is 5.92 Å². The van der Waals surface area contributed by atoms with Crippen molar-refractivity contribution in [2.24, 2.45) is 0 Å². The molecule has 4 nitrogen and oxygen atoms in total. The Balaban J connectivity index is 2.07. The molecular formula is C11H16N4S2. The molecule has 0 saturated heterocycles. The first-order chi connectivity index (χ1) is 7.97. The number of nitrogens with zero attached hydrogens (tertiary/aromatic N) is 4. The highest BCUT2D eigenvalue weighted by molar-refractivity contribution is 7.06. The van der Waals surface area contributed by atoms with Crippen LogP contribution in [0.1, 0.15) is 49.5 Å². The molecule has 2 aromatic heterocycles. The lowest BCUT2D eigenvalue weighted by Gasteiger charge is -2.12. The molecule has 0 amide bonds. The van der Waals surface area contributed by atoms with Crippen molar-refractivity contribution in [1.82, 2.24) is 18.7 Å². The zero-order valence-electron chi connectivity index (χ0n) is 10.5. The van der Waals surface area contributed by atoms with Crippen LogP contribution in [0.5, 0.6) is 0 Å². The average molecular weight is 268 g/mol. The molecule has 0 aliphatic rings. The second-order valence-electron chi connectivity index (χ2n) is 5.15. The van der Waals surface area contributed by atoms with Crippen molar-refractivity contribution in [3.63, 3.8) is 0 Å². The Hall–Kier alpha value is -0.880. The van der Waals surface area contributed by atoms with E-state index < -0.39 is 0 Å². The van der Waals surface area contributed by atoms with Crippen molar-refractivity contribution in [1.29, 1.82) is 0 Å². The molecule has 92 valence electrons. The third kappa shape index (κ3) is 3.07. The van der Waals surface area contributed by atoms with Gasteiger partial charge in [0.05, 0.1) is 0 Å². The predicted molar refractivity (Wildman–Crippen MR) is 70.6 cm³/mol. The minimum Gasteiger partial charge on any atom is -0.228 e. The van der Waals surface area contributed by atoms with E-state index >= 15 is 0 Å². The molecule has 0 aliphatic carbocycles. The van der Waals surface area contributed by atoms with E-state index in [2.05, 4.69) is 46.4 Å². The van der Waals surface area contributed by atoms with Gasteiger partial charge in [0.15, 0.2) is 0 Å². The van der Waals surface area contributed by atoms with E-state index in [4.69, 9.17) is 0 Å². The number of rotatable bonds is 3. The van der Waals surface area contributed by atoms with Gasteiger partial charge in [0.25, 0.3) is 0 Å². The van der Waals surface area contributed by atoms with Gasteiger partial charge in [0.1, 0.15) is 22.2 Å². The zero-order chi connectivity index (χ0) is 12.5. The summed E-state index contributed by atoms with van der Waals surface area (Å²) in [7, 11) is 0. The summed E-state index contributed by atoms with van der Waals surface area (Å²) in [6.45, 7) is 8.55. The van der Waals surface area contributed by atoms with Crippen LogP contribution in [0.25, 0.3) is 0 Å². The molecule has 0 N–H and O–H groups in total. The van der Waals surface area contributed by atoms with Gasteiger partial charge in [-0.25, -0.2) is 9.97 Å². The fourth-order valence-corrected chi connectivity index (χ4v) is 2.91. The fourth-order valence-electron chi connectivity index (χ4n) is 1.39. The van der Waals surface area contributed by atoms with Crippen LogP contribution in [0, 0.1) is 0 Å². The second-order valence-corrected chi connectivity index (χ2v) is 6.79. The van der Waals surface area contributed by atoms with E-state index in [1.807, 2.05) is 0 Å². The quantitative estimate of drug-likeness (QED) is 0.858. The van der Waals surface area contributed by atoms with Crippen LogP contribution >= 0.6 is 23.1 Å². The van der Waals surface area contributed by atoms with Gasteiger partial charge in [-0.1, -0.05) is 27.7 Å².